The molecule has 0 aromatic heterocycles. The minimum Gasteiger partial charge on any atom is -0.478 e. The molecule has 2 rings (SSSR count). The summed E-state index contributed by atoms with van der Waals surface area (Å²) in [6.07, 6.45) is 0.743. The topological polar surface area (TPSA) is 74.7 Å². The number of piperidine rings is 1. The Bertz CT molecular complexity index is 567. The maximum Gasteiger partial charge on any atom is 0.335 e. The van der Waals surface area contributed by atoms with Crippen LogP contribution in [0.1, 0.15) is 35.7 Å². The third kappa shape index (κ3) is 3.07. The number of carboxylic acids is 1. The van der Waals surface area contributed by atoms with Crippen molar-refractivity contribution in [3.05, 3.63) is 33.8 Å². The summed E-state index contributed by atoms with van der Waals surface area (Å²) in [7, 11) is 0. The Kier molecular flexibility index (Phi) is 4.23. The molecule has 1 saturated heterocycles. The van der Waals surface area contributed by atoms with E-state index in [9.17, 15) is 14.4 Å². The normalized spacial score (nSPS) is 16.6. The summed E-state index contributed by atoms with van der Waals surface area (Å²) in [5.74, 6) is -1.29. The van der Waals surface area contributed by atoms with Crippen molar-refractivity contribution in [3.8, 4) is 0 Å². The monoisotopic (exact) mass is 339 g/mol. The van der Waals surface area contributed by atoms with Gasteiger partial charge in [-0.2, -0.15) is 0 Å². The second kappa shape index (κ2) is 5.75. The van der Waals surface area contributed by atoms with Crippen LogP contribution in [0.3, 0.4) is 0 Å². The molecule has 0 spiro atoms. The summed E-state index contributed by atoms with van der Waals surface area (Å²) in [5, 5.41) is 8.90. The maximum atomic E-state index is 11.9. The molecule has 0 aliphatic carbocycles. The highest BCUT2D eigenvalue weighted by Crippen LogP contribution is 2.25. The number of halogens is 1. The molecule has 106 valence electrons. The first kappa shape index (κ1) is 14.7. The highest BCUT2D eigenvalue weighted by atomic mass is 79.9. The van der Waals surface area contributed by atoms with Crippen LogP contribution in [0.15, 0.2) is 22.7 Å². The van der Waals surface area contributed by atoms with E-state index < -0.39 is 5.97 Å². The summed E-state index contributed by atoms with van der Waals surface area (Å²) in [6.45, 7) is 2.05. The molecule has 1 heterocycles. The fourth-order valence-corrected chi connectivity index (χ4v) is 2.69. The fraction of sp³-hybridized carbons (Fsp3) is 0.357. The van der Waals surface area contributed by atoms with E-state index in [0.29, 0.717) is 22.9 Å². The quantitative estimate of drug-likeness (QED) is 0.858. The summed E-state index contributed by atoms with van der Waals surface area (Å²) < 4.78 is 0.580. The lowest BCUT2D eigenvalue weighted by Crippen LogP contribution is -2.42. The standard InChI is InChI=1S/C14H14BrNO4/c1-8-4-12(17)16(13(18)5-8)7-10-3-2-9(14(19)20)6-11(10)15/h2-3,6,8H,4-5,7H2,1H3,(H,19,20). The number of carboxylic acid groups (broad SMARTS) is 1. The Labute approximate surface area is 124 Å². The van der Waals surface area contributed by atoms with Crippen LogP contribution >= 0.6 is 15.9 Å². The van der Waals surface area contributed by atoms with Gasteiger partial charge in [-0.05, 0) is 23.6 Å². The lowest BCUT2D eigenvalue weighted by atomic mass is 9.97. The number of nitrogens with zero attached hydrogens (tertiary/aromatic N) is 1. The van der Waals surface area contributed by atoms with Gasteiger partial charge in [-0.15, -0.1) is 0 Å². The van der Waals surface area contributed by atoms with Crippen molar-refractivity contribution in [2.75, 3.05) is 0 Å². The fourth-order valence-electron chi connectivity index (χ4n) is 2.18. The van der Waals surface area contributed by atoms with E-state index in [-0.39, 0.29) is 29.8 Å². The van der Waals surface area contributed by atoms with Crippen molar-refractivity contribution in [2.24, 2.45) is 5.92 Å². The molecule has 0 atom stereocenters. The molecule has 0 radical (unpaired) electrons. The molecule has 1 aliphatic rings. The Morgan fingerprint density at radius 3 is 2.45 bits per heavy atom. The molecule has 6 heteroatoms. The molecule has 1 N–H and O–H groups in total. The van der Waals surface area contributed by atoms with Gasteiger partial charge in [-0.3, -0.25) is 14.5 Å². The van der Waals surface area contributed by atoms with Gasteiger partial charge in [0, 0.05) is 17.3 Å². The van der Waals surface area contributed by atoms with E-state index in [4.69, 9.17) is 5.11 Å². The predicted octanol–water partition coefficient (Wildman–Crippen LogP) is 2.43. The maximum absolute atomic E-state index is 11.9. The van der Waals surface area contributed by atoms with Gasteiger partial charge in [-0.25, -0.2) is 4.79 Å². The highest BCUT2D eigenvalue weighted by molar-refractivity contribution is 9.10. The smallest absolute Gasteiger partial charge is 0.335 e. The van der Waals surface area contributed by atoms with Gasteiger partial charge in [0.15, 0.2) is 0 Å². The van der Waals surface area contributed by atoms with Crippen molar-refractivity contribution in [1.82, 2.24) is 4.90 Å². The number of amides is 2. The number of benzene rings is 1. The second-order valence-electron chi connectivity index (χ2n) is 5.00. The molecule has 1 aliphatic heterocycles. The van der Waals surface area contributed by atoms with Crippen LogP contribution in [0, 0.1) is 5.92 Å². The van der Waals surface area contributed by atoms with Crippen LogP contribution in [0.2, 0.25) is 0 Å². The van der Waals surface area contributed by atoms with Gasteiger partial charge in [-0.1, -0.05) is 28.9 Å². The zero-order chi connectivity index (χ0) is 14.9. The molecule has 5 nitrogen and oxygen atoms in total. The van der Waals surface area contributed by atoms with Crippen LogP contribution in [0.5, 0.6) is 0 Å². The third-order valence-corrected chi connectivity index (χ3v) is 4.01. The van der Waals surface area contributed by atoms with Crippen molar-refractivity contribution < 1.29 is 19.5 Å². The minimum atomic E-state index is -1.02. The summed E-state index contributed by atoms with van der Waals surface area (Å²) in [5.41, 5.74) is 0.872. The van der Waals surface area contributed by atoms with Gasteiger partial charge in [0.2, 0.25) is 11.8 Å². The number of carbonyl (C=O) groups is 3. The number of carbonyl (C=O) groups excluding carboxylic acids is 2. The highest BCUT2D eigenvalue weighted by Gasteiger charge is 2.30. The van der Waals surface area contributed by atoms with Crippen LogP contribution in [0.4, 0.5) is 0 Å². The number of rotatable bonds is 3. The molecular formula is C14H14BrNO4. The molecule has 1 fully saturated rings. The predicted molar refractivity (Wildman–Crippen MR) is 75.1 cm³/mol. The number of imide groups is 1. The van der Waals surface area contributed by atoms with Crippen LogP contribution < -0.4 is 0 Å². The Morgan fingerprint density at radius 2 is 1.95 bits per heavy atom. The SMILES string of the molecule is CC1CC(=O)N(Cc2ccc(C(=O)O)cc2Br)C(=O)C1. The van der Waals surface area contributed by atoms with Gasteiger partial charge in [0.1, 0.15) is 0 Å². The molecular weight excluding hydrogens is 326 g/mol. The largest absolute Gasteiger partial charge is 0.478 e. The average Bonchev–Trinajstić information content (AvgIpc) is 2.34. The number of likely N-dealkylation sites (tertiary alicyclic amines) is 1. The lowest BCUT2D eigenvalue weighted by molar-refractivity contribution is -0.150. The van der Waals surface area contributed by atoms with Crippen LogP contribution in [-0.2, 0) is 16.1 Å². The van der Waals surface area contributed by atoms with Gasteiger partial charge < -0.3 is 5.11 Å². The zero-order valence-corrected chi connectivity index (χ0v) is 12.5. The third-order valence-electron chi connectivity index (χ3n) is 3.28. The van der Waals surface area contributed by atoms with Crippen molar-refractivity contribution in [3.63, 3.8) is 0 Å². The van der Waals surface area contributed by atoms with E-state index in [1.54, 1.807) is 6.07 Å². The Morgan fingerprint density at radius 1 is 1.35 bits per heavy atom. The van der Waals surface area contributed by atoms with E-state index in [2.05, 4.69) is 15.9 Å². The van der Waals surface area contributed by atoms with Gasteiger partial charge in [0.25, 0.3) is 0 Å². The minimum absolute atomic E-state index is 0.0871. The molecule has 2 amide bonds. The summed E-state index contributed by atoms with van der Waals surface area (Å²) >= 11 is 3.28. The molecule has 1 aromatic carbocycles. The van der Waals surface area contributed by atoms with E-state index in [1.165, 1.54) is 17.0 Å². The first-order chi connectivity index (χ1) is 9.38. The second-order valence-corrected chi connectivity index (χ2v) is 5.85. The van der Waals surface area contributed by atoms with Crippen LogP contribution in [0.25, 0.3) is 0 Å². The molecule has 0 unspecified atom stereocenters. The summed E-state index contributed by atoms with van der Waals surface area (Å²) in [4.78, 5) is 35.9. The first-order valence-corrected chi connectivity index (χ1v) is 7.02. The van der Waals surface area contributed by atoms with E-state index >= 15 is 0 Å². The van der Waals surface area contributed by atoms with Gasteiger partial charge in [0.05, 0.1) is 12.1 Å². The Balaban J connectivity index is 2.19. The van der Waals surface area contributed by atoms with Crippen molar-refractivity contribution in [1.29, 1.82) is 0 Å². The summed E-state index contributed by atoms with van der Waals surface area (Å²) in [6, 6.07) is 4.55. The van der Waals surface area contributed by atoms with Crippen molar-refractivity contribution >= 4 is 33.7 Å². The number of hydrogen-bond donors (Lipinski definition) is 1. The zero-order valence-electron chi connectivity index (χ0n) is 10.9. The molecule has 0 saturated carbocycles. The lowest BCUT2D eigenvalue weighted by Gasteiger charge is -2.28. The van der Waals surface area contributed by atoms with Crippen LogP contribution in [-0.4, -0.2) is 27.8 Å². The van der Waals surface area contributed by atoms with E-state index in [0.717, 1.165) is 0 Å². The van der Waals surface area contributed by atoms with Gasteiger partial charge >= 0.3 is 5.97 Å². The van der Waals surface area contributed by atoms with E-state index in [1.807, 2.05) is 6.92 Å². The molecule has 0 bridgehead atoms. The number of aromatic carboxylic acids is 1. The van der Waals surface area contributed by atoms with Crippen molar-refractivity contribution in [2.45, 2.75) is 26.3 Å². The Hall–Kier alpha value is -1.69. The molecule has 1 aromatic rings. The average molecular weight is 340 g/mol. The molecule has 20 heavy (non-hydrogen) atoms. The first-order valence-electron chi connectivity index (χ1n) is 6.23. The number of hydrogen-bond acceptors (Lipinski definition) is 3.